The van der Waals surface area contributed by atoms with Gasteiger partial charge >= 0.3 is 12.1 Å². The topological polar surface area (TPSA) is 75.7 Å². The first-order chi connectivity index (χ1) is 19.5. The summed E-state index contributed by atoms with van der Waals surface area (Å²) >= 11 is 6.18. The third-order valence-electron chi connectivity index (χ3n) is 6.81. The number of nitrogens with zero attached hydrogens (tertiary/aromatic N) is 1. The van der Waals surface area contributed by atoms with Crippen LogP contribution in [-0.4, -0.2) is 29.3 Å². The van der Waals surface area contributed by atoms with Gasteiger partial charge in [-0.2, -0.15) is 13.2 Å². The number of ether oxygens (including phenoxy) is 1. The van der Waals surface area contributed by atoms with E-state index in [1.807, 2.05) is 6.07 Å². The number of esters is 1. The molecule has 3 aromatic rings. The molecule has 1 aliphatic heterocycles. The van der Waals surface area contributed by atoms with Gasteiger partial charge in [-0.05, 0) is 66.9 Å². The number of hydrogen-bond donors (Lipinski definition) is 1. The predicted molar refractivity (Wildman–Crippen MR) is 148 cm³/mol. The first-order valence-electron chi connectivity index (χ1n) is 12.9. The number of carbonyl (C=O) groups is 3. The fourth-order valence-corrected chi connectivity index (χ4v) is 5.02. The Kier molecular flexibility index (Phi) is 9.18. The van der Waals surface area contributed by atoms with Crippen molar-refractivity contribution < 1.29 is 32.3 Å². The monoisotopic (exact) mass is 584 g/mol. The zero-order valence-corrected chi connectivity index (χ0v) is 23.2. The van der Waals surface area contributed by atoms with E-state index in [2.05, 4.69) is 5.32 Å². The molecule has 0 aromatic heterocycles. The number of alkyl halides is 3. The van der Waals surface area contributed by atoms with Gasteiger partial charge in [-0.3, -0.25) is 9.59 Å². The third-order valence-corrected chi connectivity index (χ3v) is 7.04. The number of carbonyl (C=O) groups excluding carboxylic acids is 3. The molecule has 1 atom stereocenters. The lowest BCUT2D eigenvalue weighted by molar-refractivity contribution is -0.140. The maximum atomic E-state index is 13.3. The Morgan fingerprint density at radius 2 is 1.73 bits per heavy atom. The van der Waals surface area contributed by atoms with Gasteiger partial charge in [0.25, 0.3) is 5.91 Å². The highest BCUT2D eigenvalue weighted by atomic mass is 35.5. The largest absolute Gasteiger partial charge is 0.463 e. The zero-order valence-electron chi connectivity index (χ0n) is 22.4. The molecule has 214 valence electrons. The first kappa shape index (κ1) is 29.9. The standard InChI is InChI=1S/C31H28ClF3N2O4/c1-3-41-30(40)28-19(2)37(27(38)16-26(28)22-9-6-12-25(32)15-22)18-21-8-4-10-23(13-21)29(39)36-17-20-7-5-11-24(14-20)31(33,34)35/h4-15,26H,3,16-18H2,1-2H3,(H,36,39). The Bertz CT molecular complexity index is 1500. The summed E-state index contributed by atoms with van der Waals surface area (Å²) in [6.07, 6.45) is -4.45. The van der Waals surface area contributed by atoms with Gasteiger partial charge in [0.15, 0.2) is 0 Å². The molecular formula is C31H28ClF3N2O4. The van der Waals surface area contributed by atoms with Crippen LogP contribution in [0.15, 0.2) is 84.1 Å². The van der Waals surface area contributed by atoms with Crippen molar-refractivity contribution in [1.29, 1.82) is 0 Å². The molecule has 6 nitrogen and oxygen atoms in total. The molecule has 1 heterocycles. The van der Waals surface area contributed by atoms with Gasteiger partial charge < -0.3 is 15.0 Å². The fraction of sp³-hybridized carbons (Fsp3) is 0.258. The maximum Gasteiger partial charge on any atom is 0.416 e. The average molecular weight is 585 g/mol. The molecular weight excluding hydrogens is 557 g/mol. The molecule has 3 aromatic carbocycles. The van der Waals surface area contributed by atoms with Gasteiger partial charge in [-0.15, -0.1) is 0 Å². The molecule has 1 unspecified atom stereocenters. The van der Waals surface area contributed by atoms with E-state index in [9.17, 15) is 27.6 Å². The molecule has 2 amide bonds. The molecule has 0 spiro atoms. The second-order valence-corrected chi connectivity index (χ2v) is 10.0. The second-order valence-electron chi connectivity index (χ2n) is 9.59. The summed E-state index contributed by atoms with van der Waals surface area (Å²) in [6, 6.07) is 18.3. The van der Waals surface area contributed by atoms with E-state index in [0.717, 1.165) is 17.7 Å². The Labute approximate surface area is 240 Å². The van der Waals surface area contributed by atoms with Crippen LogP contribution in [0, 0.1) is 0 Å². The van der Waals surface area contributed by atoms with Gasteiger partial charge in [0.2, 0.25) is 5.91 Å². The van der Waals surface area contributed by atoms with E-state index in [-0.39, 0.29) is 37.6 Å². The minimum Gasteiger partial charge on any atom is -0.463 e. The summed E-state index contributed by atoms with van der Waals surface area (Å²) in [7, 11) is 0. The van der Waals surface area contributed by atoms with E-state index in [1.54, 1.807) is 56.3 Å². The molecule has 10 heteroatoms. The molecule has 0 saturated carbocycles. The highest BCUT2D eigenvalue weighted by Gasteiger charge is 2.37. The SMILES string of the molecule is CCOC(=O)C1=C(C)N(Cc2cccc(C(=O)NCc3cccc(C(F)(F)F)c3)c2)C(=O)CC1c1cccc(Cl)c1. The lowest BCUT2D eigenvalue weighted by atomic mass is 9.83. The summed E-state index contributed by atoms with van der Waals surface area (Å²) in [4.78, 5) is 40.7. The van der Waals surface area contributed by atoms with E-state index in [1.165, 1.54) is 17.0 Å². The Balaban J connectivity index is 1.54. The van der Waals surface area contributed by atoms with Gasteiger partial charge in [0.05, 0.1) is 24.3 Å². The van der Waals surface area contributed by atoms with Crippen molar-refractivity contribution in [2.45, 2.75) is 45.5 Å². The predicted octanol–water partition coefficient (Wildman–Crippen LogP) is 6.64. The summed E-state index contributed by atoms with van der Waals surface area (Å²) < 4.78 is 44.3. The van der Waals surface area contributed by atoms with Gasteiger partial charge in [0.1, 0.15) is 0 Å². The fourth-order valence-electron chi connectivity index (χ4n) is 4.82. The molecule has 0 radical (unpaired) electrons. The lowest BCUT2D eigenvalue weighted by Gasteiger charge is -2.34. The van der Waals surface area contributed by atoms with Crippen molar-refractivity contribution in [1.82, 2.24) is 10.2 Å². The van der Waals surface area contributed by atoms with Crippen LogP contribution in [0.3, 0.4) is 0 Å². The summed E-state index contributed by atoms with van der Waals surface area (Å²) in [5.41, 5.74) is 1.97. The van der Waals surface area contributed by atoms with Crippen LogP contribution in [-0.2, 0) is 33.6 Å². The van der Waals surface area contributed by atoms with Crippen molar-refractivity contribution in [2.75, 3.05) is 6.61 Å². The van der Waals surface area contributed by atoms with Crippen molar-refractivity contribution in [2.24, 2.45) is 0 Å². The second kappa shape index (κ2) is 12.6. The summed E-state index contributed by atoms with van der Waals surface area (Å²) in [5, 5.41) is 3.13. The van der Waals surface area contributed by atoms with Crippen LogP contribution in [0.1, 0.15) is 58.8 Å². The maximum absolute atomic E-state index is 13.3. The molecule has 0 fully saturated rings. The zero-order chi connectivity index (χ0) is 29.7. The first-order valence-corrected chi connectivity index (χ1v) is 13.3. The van der Waals surface area contributed by atoms with Crippen molar-refractivity contribution in [3.05, 3.63) is 117 Å². The quantitative estimate of drug-likeness (QED) is 0.301. The van der Waals surface area contributed by atoms with Crippen molar-refractivity contribution in [3.8, 4) is 0 Å². The van der Waals surface area contributed by atoms with Gasteiger partial charge in [-0.25, -0.2) is 4.79 Å². The molecule has 1 aliphatic rings. The molecule has 0 saturated heterocycles. The number of nitrogens with one attached hydrogen (secondary N) is 1. The van der Waals surface area contributed by atoms with Gasteiger partial charge in [-0.1, -0.05) is 48.0 Å². The van der Waals surface area contributed by atoms with Crippen LogP contribution in [0.2, 0.25) is 5.02 Å². The Morgan fingerprint density at radius 3 is 2.44 bits per heavy atom. The highest BCUT2D eigenvalue weighted by Crippen LogP contribution is 2.38. The normalized spacial score (nSPS) is 15.6. The minimum atomic E-state index is -4.48. The van der Waals surface area contributed by atoms with Gasteiger partial charge in [0, 0.05) is 35.2 Å². The van der Waals surface area contributed by atoms with E-state index in [4.69, 9.17) is 16.3 Å². The van der Waals surface area contributed by atoms with E-state index < -0.39 is 29.5 Å². The summed E-state index contributed by atoms with van der Waals surface area (Å²) in [5.74, 6) is -1.73. The summed E-state index contributed by atoms with van der Waals surface area (Å²) in [6.45, 7) is 3.57. The third kappa shape index (κ3) is 7.16. The van der Waals surface area contributed by atoms with Crippen LogP contribution in [0.4, 0.5) is 13.2 Å². The molecule has 0 bridgehead atoms. The van der Waals surface area contributed by atoms with Crippen LogP contribution >= 0.6 is 11.6 Å². The van der Waals surface area contributed by atoms with E-state index >= 15 is 0 Å². The molecule has 0 aliphatic carbocycles. The number of halogens is 4. The Hall–Kier alpha value is -4.11. The average Bonchev–Trinajstić information content (AvgIpc) is 2.93. The highest BCUT2D eigenvalue weighted by molar-refractivity contribution is 6.30. The lowest BCUT2D eigenvalue weighted by Crippen LogP contribution is -2.38. The smallest absolute Gasteiger partial charge is 0.416 e. The van der Waals surface area contributed by atoms with Crippen LogP contribution in [0.5, 0.6) is 0 Å². The molecule has 41 heavy (non-hydrogen) atoms. The van der Waals surface area contributed by atoms with Crippen LogP contribution < -0.4 is 5.32 Å². The molecule has 1 N–H and O–H groups in total. The Morgan fingerprint density at radius 1 is 1.02 bits per heavy atom. The number of rotatable bonds is 8. The van der Waals surface area contributed by atoms with Crippen molar-refractivity contribution in [3.63, 3.8) is 0 Å². The number of hydrogen-bond acceptors (Lipinski definition) is 4. The number of allylic oxidation sites excluding steroid dienone is 1. The minimum absolute atomic E-state index is 0.0308. The number of benzene rings is 3. The molecule has 4 rings (SSSR count). The number of amides is 2. The van der Waals surface area contributed by atoms with E-state index in [0.29, 0.717) is 27.4 Å². The van der Waals surface area contributed by atoms with Crippen LogP contribution in [0.25, 0.3) is 0 Å². The van der Waals surface area contributed by atoms with Crippen molar-refractivity contribution >= 4 is 29.4 Å².